The van der Waals surface area contributed by atoms with Gasteiger partial charge >= 0.3 is 0 Å². The Labute approximate surface area is 135 Å². The number of carbonyl (C=O) groups excluding carboxylic acids is 1. The first-order valence-electron chi connectivity index (χ1n) is 7.15. The minimum Gasteiger partial charge on any atom is -0.360 e. The third kappa shape index (κ3) is 4.17. The van der Waals surface area contributed by atoms with Crippen LogP contribution in [0.5, 0.6) is 0 Å². The van der Waals surface area contributed by atoms with E-state index in [1.165, 1.54) is 13.8 Å². The largest absolute Gasteiger partial charge is 0.360 e. The molecule has 2 aromatic rings. The van der Waals surface area contributed by atoms with Crippen molar-refractivity contribution >= 4 is 21.6 Å². The van der Waals surface area contributed by atoms with Crippen LogP contribution in [0.3, 0.4) is 0 Å². The molecule has 1 heterocycles. The average Bonchev–Trinajstić information content (AvgIpc) is 2.86. The summed E-state index contributed by atoms with van der Waals surface area (Å²) in [6.07, 6.45) is 0.908. The molecule has 0 aliphatic rings. The third-order valence-electron chi connectivity index (χ3n) is 3.31. The SMILES string of the molecule is CCc1ccc(NC(=O)CNS(=O)(=O)c2c(C)noc2C)cc1. The predicted molar refractivity (Wildman–Crippen MR) is 85.6 cm³/mol. The van der Waals surface area contributed by atoms with Gasteiger partial charge in [0.15, 0.2) is 5.76 Å². The lowest BCUT2D eigenvalue weighted by atomic mass is 10.1. The van der Waals surface area contributed by atoms with E-state index in [0.29, 0.717) is 5.69 Å². The van der Waals surface area contributed by atoms with Gasteiger partial charge in [0.2, 0.25) is 15.9 Å². The molecular weight excluding hydrogens is 318 g/mol. The fourth-order valence-corrected chi connectivity index (χ4v) is 3.43. The van der Waals surface area contributed by atoms with E-state index < -0.39 is 15.9 Å². The van der Waals surface area contributed by atoms with Gasteiger partial charge in [-0.3, -0.25) is 4.79 Å². The highest BCUT2D eigenvalue weighted by Gasteiger charge is 2.24. The lowest BCUT2D eigenvalue weighted by molar-refractivity contribution is -0.115. The van der Waals surface area contributed by atoms with Crippen molar-refractivity contribution in [2.24, 2.45) is 0 Å². The standard InChI is InChI=1S/C15H19N3O4S/c1-4-12-5-7-13(8-6-12)17-14(19)9-16-23(20,21)15-10(2)18-22-11(15)3/h5-8,16H,4,9H2,1-3H3,(H,17,19). The highest BCUT2D eigenvalue weighted by atomic mass is 32.2. The summed E-state index contributed by atoms with van der Waals surface area (Å²) >= 11 is 0. The van der Waals surface area contributed by atoms with Crippen LogP contribution in [0.25, 0.3) is 0 Å². The van der Waals surface area contributed by atoms with Gasteiger partial charge in [0.1, 0.15) is 10.6 Å². The zero-order valence-corrected chi connectivity index (χ0v) is 14.0. The number of rotatable bonds is 6. The molecule has 2 rings (SSSR count). The van der Waals surface area contributed by atoms with Crippen molar-refractivity contribution in [3.8, 4) is 0 Å². The van der Waals surface area contributed by atoms with E-state index in [2.05, 4.69) is 15.2 Å². The molecule has 23 heavy (non-hydrogen) atoms. The van der Waals surface area contributed by atoms with Crippen LogP contribution in [0.15, 0.2) is 33.7 Å². The fraction of sp³-hybridized carbons (Fsp3) is 0.333. The maximum atomic E-state index is 12.2. The first-order valence-corrected chi connectivity index (χ1v) is 8.63. The Morgan fingerprint density at radius 1 is 1.22 bits per heavy atom. The van der Waals surface area contributed by atoms with Crippen molar-refractivity contribution < 1.29 is 17.7 Å². The summed E-state index contributed by atoms with van der Waals surface area (Å²) < 4.78 is 31.5. The van der Waals surface area contributed by atoms with Crippen LogP contribution in [-0.4, -0.2) is 26.0 Å². The Hall–Kier alpha value is -2.19. The van der Waals surface area contributed by atoms with Crippen LogP contribution in [0.2, 0.25) is 0 Å². The molecule has 1 aromatic heterocycles. The Morgan fingerprint density at radius 3 is 2.39 bits per heavy atom. The number of amides is 1. The summed E-state index contributed by atoms with van der Waals surface area (Å²) in [6, 6.07) is 7.37. The molecule has 7 nitrogen and oxygen atoms in total. The van der Waals surface area contributed by atoms with Gasteiger partial charge in [-0.1, -0.05) is 24.2 Å². The first kappa shape index (κ1) is 17.2. The predicted octanol–water partition coefficient (Wildman–Crippen LogP) is 1.77. The fourth-order valence-electron chi connectivity index (χ4n) is 2.12. The summed E-state index contributed by atoms with van der Waals surface area (Å²) in [5.74, 6) is -0.268. The maximum absolute atomic E-state index is 12.2. The summed E-state index contributed by atoms with van der Waals surface area (Å²) in [7, 11) is -3.84. The minimum atomic E-state index is -3.84. The van der Waals surface area contributed by atoms with E-state index in [1.54, 1.807) is 12.1 Å². The average molecular weight is 337 g/mol. The number of hydrogen-bond donors (Lipinski definition) is 2. The quantitative estimate of drug-likeness (QED) is 0.836. The molecule has 1 aromatic carbocycles. The second kappa shape index (κ2) is 6.93. The zero-order chi connectivity index (χ0) is 17.0. The molecule has 2 N–H and O–H groups in total. The van der Waals surface area contributed by atoms with E-state index in [0.717, 1.165) is 12.0 Å². The minimum absolute atomic E-state index is 0.0300. The number of hydrogen-bond acceptors (Lipinski definition) is 5. The number of nitrogens with zero attached hydrogens (tertiary/aromatic N) is 1. The molecule has 0 aliphatic heterocycles. The van der Waals surface area contributed by atoms with Crippen molar-refractivity contribution in [1.82, 2.24) is 9.88 Å². The number of benzene rings is 1. The normalized spacial score (nSPS) is 11.4. The summed E-state index contributed by atoms with van der Waals surface area (Å²) in [4.78, 5) is 11.8. The molecule has 8 heteroatoms. The van der Waals surface area contributed by atoms with Gasteiger partial charge in [-0.25, -0.2) is 13.1 Å². The van der Waals surface area contributed by atoms with Gasteiger partial charge in [0.05, 0.1) is 6.54 Å². The Kier molecular flexibility index (Phi) is 5.17. The Bertz CT molecular complexity index is 775. The molecular formula is C15H19N3O4S. The molecule has 0 bridgehead atoms. The number of sulfonamides is 1. The second-order valence-corrected chi connectivity index (χ2v) is 6.78. The van der Waals surface area contributed by atoms with Crippen molar-refractivity contribution in [2.45, 2.75) is 32.1 Å². The molecule has 1 amide bonds. The van der Waals surface area contributed by atoms with Crippen LogP contribution in [0.4, 0.5) is 5.69 Å². The monoisotopic (exact) mass is 337 g/mol. The van der Waals surface area contributed by atoms with E-state index in [1.807, 2.05) is 19.1 Å². The summed E-state index contributed by atoms with van der Waals surface area (Å²) in [6.45, 7) is 4.70. The lowest BCUT2D eigenvalue weighted by Crippen LogP contribution is -2.33. The van der Waals surface area contributed by atoms with Crippen LogP contribution >= 0.6 is 0 Å². The van der Waals surface area contributed by atoms with Crippen LogP contribution in [0, 0.1) is 13.8 Å². The molecule has 0 fully saturated rings. The van der Waals surface area contributed by atoms with Crippen molar-refractivity contribution in [3.05, 3.63) is 41.3 Å². The van der Waals surface area contributed by atoms with Gasteiger partial charge in [0.25, 0.3) is 0 Å². The molecule has 0 unspecified atom stereocenters. The smallest absolute Gasteiger partial charge is 0.246 e. The van der Waals surface area contributed by atoms with Crippen molar-refractivity contribution in [2.75, 3.05) is 11.9 Å². The van der Waals surface area contributed by atoms with E-state index in [4.69, 9.17) is 4.52 Å². The number of carbonyl (C=O) groups is 1. The molecule has 0 spiro atoms. The number of nitrogens with one attached hydrogen (secondary N) is 2. The van der Waals surface area contributed by atoms with Crippen LogP contribution in [0.1, 0.15) is 23.9 Å². The van der Waals surface area contributed by atoms with Crippen molar-refractivity contribution in [1.29, 1.82) is 0 Å². The van der Waals surface area contributed by atoms with Gasteiger partial charge in [0, 0.05) is 5.69 Å². The first-order chi connectivity index (χ1) is 10.8. The Balaban J connectivity index is 1.98. The topological polar surface area (TPSA) is 101 Å². The van der Waals surface area contributed by atoms with E-state index in [9.17, 15) is 13.2 Å². The molecule has 0 saturated heterocycles. The molecule has 124 valence electrons. The number of aromatic nitrogens is 1. The lowest BCUT2D eigenvalue weighted by Gasteiger charge is -2.08. The number of anilines is 1. The summed E-state index contributed by atoms with van der Waals surface area (Å²) in [5, 5.41) is 6.23. The maximum Gasteiger partial charge on any atom is 0.246 e. The highest BCUT2D eigenvalue weighted by Crippen LogP contribution is 2.18. The zero-order valence-electron chi connectivity index (χ0n) is 13.2. The van der Waals surface area contributed by atoms with Gasteiger partial charge in [-0.05, 0) is 38.0 Å². The molecule has 0 radical (unpaired) electrons. The highest BCUT2D eigenvalue weighted by molar-refractivity contribution is 7.89. The van der Waals surface area contributed by atoms with Crippen molar-refractivity contribution in [3.63, 3.8) is 0 Å². The van der Waals surface area contributed by atoms with Gasteiger partial charge in [-0.15, -0.1) is 0 Å². The molecule has 0 atom stereocenters. The summed E-state index contributed by atoms with van der Waals surface area (Å²) in [5.41, 5.74) is 2.02. The van der Waals surface area contributed by atoms with Gasteiger partial charge < -0.3 is 9.84 Å². The number of aryl methyl sites for hydroxylation is 3. The molecule has 0 saturated carbocycles. The second-order valence-electron chi connectivity index (χ2n) is 5.08. The van der Waals surface area contributed by atoms with E-state index >= 15 is 0 Å². The Morgan fingerprint density at radius 2 is 1.87 bits per heavy atom. The van der Waals surface area contributed by atoms with Gasteiger partial charge in [-0.2, -0.15) is 0 Å². The van der Waals surface area contributed by atoms with Crippen LogP contribution in [-0.2, 0) is 21.2 Å². The van der Waals surface area contributed by atoms with Crippen LogP contribution < -0.4 is 10.0 Å². The van der Waals surface area contributed by atoms with E-state index in [-0.39, 0.29) is 22.9 Å². The molecule has 0 aliphatic carbocycles. The third-order valence-corrected chi connectivity index (χ3v) is 4.95.